The minimum atomic E-state index is -0.112. The molecule has 0 aliphatic heterocycles. The Balaban J connectivity index is 2.05. The summed E-state index contributed by atoms with van der Waals surface area (Å²) in [6.07, 6.45) is 6.46. The van der Waals surface area contributed by atoms with Crippen molar-refractivity contribution in [2.75, 3.05) is 26.1 Å². The molecule has 1 amide bonds. The van der Waals surface area contributed by atoms with Crippen LogP contribution in [0.5, 0.6) is 11.5 Å². The van der Waals surface area contributed by atoms with Gasteiger partial charge in [-0.15, -0.1) is 0 Å². The van der Waals surface area contributed by atoms with Gasteiger partial charge in [-0.1, -0.05) is 19.8 Å². The highest BCUT2D eigenvalue weighted by Gasteiger charge is 2.08. The van der Waals surface area contributed by atoms with Crippen molar-refractivity contribution < 1.29 is 14.3 Å². The van der Waals surface area contributed by atoms with E-state index < -0.39 is 0 Å². The Labute approximate surface area is 148 Å². The number of pyridine rings is 1. The zero-order valence-corrected chi connectivity index (χ0v) is 15.0. The summed E-state index contributed by atoms with van der Waals surface area (Å²) in [7, 11) is 3.18. The lowest BCUT2D eigenvalue weighted by atomic mass is 10.2. The van der Waals surface area contributed by atoms with Crippen LogP contribution in [0.15, 0.2) is 36.7 Å². The number of ether oxygens (including phenoxy) is 2. The van der Waals surface area contributed by atoms with E-state index in [0.717, 1.165) is 30.6 Å². The van der Waals surface area contributed by atoms with Crippen molar-refractivity contribution in [3.63, 3.8) is 0 Å². The number of carbonyl (C=O) groups is 1. The lowest BCUT2D eigenvalue weighted by molar-refractivity contribution is 0.0952. The molecule has 0 fully saturated rings. The van der Waals surface area contributed by atoms with Gasteiger partial charge in [-0.2, -0.15) is 0 Å². The van der Waals surface area contributed by atoms with Gasteiger partial charge in [-0.3, -0.25) is 9.78 Å². The van der Waals surface area contributed by atoms with Crippen molar-refractivity contribution >= 4 is 17.3 Å². The molecule has 0 spiro atoms. The Bertz CT molecular complexity index is 704. The predicted molar refractivity (Wildman–Crippen MR) is 98.9 cm³/mol. The summed E-state index contributed by atoms with van der Waals surface area (Å²) >= 11 is 0. The highest BCUT2D eigenvalue weighted by atomic mass is 16.5. The monoisotopic (exact) mass is 343 g/mol. The molecule has 1 aromatic heterocycles. The van der Waals surface area contributed by atoms with E-state index in [1.54, 1.807) is 32.7 Å². The van der Waals surface area contributed by atoms with Crippen molar-refractivity contribution in [3.8, 4) is 11.5 Å². The topological polar surface area (TPSA) is 72.5 Å². The van der Waals surface area contributed by atoms with Gasteiger partial charge in [0.25, 0.3) is 5.91 Å². The Morgan fingerprint density at radius 3 is 2.56 bits per heavy atom. The van der Waals surface area contributed by atoms with Crippen molar-refractivity contribution in [2.45, 2.75) is 26.2 Å². The number of aromatic nitrogens is 1. The second-order valence-electron chi connectivity index (χ2n) is 5.62. The molecule has 0 aliphatic carbocycles. The number of carbonyl (C=O) groups excluding carboxylic acids is 1. The van der Waals surface area contributed by atoms with Crippen LogP contribution in [-0.4, -0.2) is 31.7 Å². The van der Waals surface area contributed by atoms with Gasteiger partial charge in [-0.25, -0.2) is 0 Å². The largest absolute Gasteiger partial charge is 0.493 e. The fraction of sp³-hybridized carbons (Fsp3) is 0.368. The number of hydrogen-bond donors (Lipinski definition) is 2. The minimum Gasteiger partial charge on any atom is -0.493 e. The highest BCUT2D eigenvalue weighted by Crippen LogP contribution is 2.31. The van der Waals surface area contributed by atoms with Crippen molar-refractivity contribution in [3.05, 3.63) is 42.2 Å². The fourth-order valence-corrected chi connectivity index (χ4v) is 2.39. The van der Waals surface area contributed by atoms with Crippen LogP contribution in [0.3, 0.4) is 0 Å². The van der Waals surface area contributed by atoms with Gasteiger partial charge < -0.3 is 20.1 Å². The van der Waals surface area contributed by atoms with Gasteiger partial charge in [0.05, 0.1) is 31.7 Å². The zero-order chi connectivity index (χ0) is 18.1. The number of benzene rings is 1. The van der Waals surface area contributed by atoms with Crippen LogP contribution >= 0.6 is 0 Å². The molecule has 2 rings (SSSR count). The summed E-state index contributed by atoms with van der Waals surface area (Å²) < 4.78 is 10.5. The third kappa shape index (κ3) is 5.38. The molecule has 0 aliphatic rings. The molecule has 2 N–H and O–H groups in total. The first-order chi connectivity index (χ1) is 12.2. The third-order valence-electron chi connectivity index (χ3n) is 3.74. The third-order valence-corrected chi connectivity index (χ3v) is 3.74. The molecule has 2 aromatic rings. The van der Waals surface area contributed by atoms with Gasteiger partial charge in [-0.05, 0) is 24.6 Å². The number of amides is 1. The molecule has 134 valence electrons. The summed E-state index contributed by atoms with van der Waals surface area (Å²) in [5.74, 6) is 1.18. The summed E-state index contributed by atoms with van der Waals surface area (Å²) in [6.45, 7) is 2.81. The minimum absolute atomic E-state index is 0.112. The maximum atomic E-state index is 12.2. The van der Waals surface area contributed by atoms with E-state index in [-0.39, 0.29) is 5.91 Å². The molecular weight excluding hydrogens is 318 g/mol. The van der Waals surface area contributed by atoms with E-state index in [0.29, 0.717) is 23.6 Å². The van der Waals surface area contributed by atoms with Crippen molar-refractivity contribution in [1.29, 1.82) is 0 Å². The molecule has 25 heavy (non-hydrogen) atoms. The molecule has 0 atom stereocenters. The Hall–Kier alpha value is -2.76. The summed E-state index contributed by atoms with van der Waals surface area (Å²) in [6, 6.07) is 7.30. The summed E-state index contributed by atoms with van der Waals surface area (Å²) in [5.41, 5.74) is 2.08. The molecule has 0 radical (unpaired) electrons. The number of methoxy groups -OCH3 is 2. The van der Waals surface area contributed by atoms with E-state index in [1.165, 1.54) is 0 Å². The quantitative estimate of drug-likeness (QED) is 0.678. The SMILES string of the molecule is CCCCCNC(=O)c1cncc(Nc2ccc(OC)c(OC)c2)c1. The Morgan fingerprint density at radius 2 is 1.84 bits per heavy atom. The molecule has 0 saturated heterocycles. The van der Waals surface area contributed by atoms with Gasteiger partial charge in [0, 0.05) is 24.5 Å². The number of anilines is 2. The van der Waals surface area contributed by atoms with E-state index in [2.05, 4.69) is 22.5 Å². The van der Waals surface area contributed by atoms with Crippen LogP contribution in [0, 0.1) is 0 Å². The predicted octanol–water partition coefficient (Wildman–Crippen LogP) is 3.76. The molecule has 6 nitrogen and oxygen atoms in total. The second-order valence-corrected chi connectivity index (χ2v) is 5.62. The van der Waals surface area contributed by atoms with E-state index in [1.807, 2.05) is 18.2 Å². The molecule has 1 aromatic carbocycles. The summed E-state index contributed by atoms with van der Waals surface area (Å²) in [5, 5.41) is 6.14. The number of rotatable bonds is 9. The standard InChI is InChI=1S/C19H25N3O3/c1-4-5-6-9-21-19(23)14-10-16(13-20-12-14)22-15-7-8-17(24-2)18(11-15)25-3/h7-8,10-13,22H,4-6,9H2,1-3H3,(H,21,23). The molecule has 1 heterocycles. The molecular formula is C19H25N3O3. The van der Waals surface area contributed by atoms with Gasteiger partial charge in [0.1, 0.15) is 0 Å². The van der Waals surface area contributed by atoms with Crippen molar-refractivity contribution in [1.82, 2.24) is 10.3 Å². The van der Waals surface area contributed by atoms with Gasteiger partial charge in [0.2, 0.25) is 0 Å². The fourth-order valence-electron chi connectivity index (χ4n) is 2.39. The average molecular weight is 343 g/mol. The van der Waals surface area contributed by atoms with Crippen LogP contribution in [-0.2, 0) is 0 Å². The van der Waals surface area contributed by atoms with Gasteiger partial charge in [0.15, 0.2) is 11.5 Å². The Morgan fingerprint density at radius 1 is 1.04 bits per heavy atom. The molecule has 0 unspecified atom stereocenters. The number of unbranched alkanes of at least 4 members (excludes halogenated alkanes) is 2. The maximum Gasteiger partial charge on any atom is 0.252 e. The summed E-state index contributed by atoms with van der Waals surface area (Å²) in [4.78, 5) is 16.3. The average Bonchev–Trinajstić information content (AvgIpc) is 2.65. The van der Waals surface area contributed by atoms with Crippen LogP contribution in [0.2, 0.25) is 0 Å². The van der Waals surface area contributed by atoms with Crippen molar-refractivity contribution in [2.24, 2.45) is 0 Å². The normalized spacial score (nSPS) is 10.2. The number of hydrogen-bond acceptors (Lipinski definition) is 5. The van der Waals surface area contributed by atoms with E-state index >= 15 is 0 Å². The second kappa shape index (κ2) is 9.52. The van der Waals surface area contributed by atoms with E-state index in [9.17, 15) is 4.79 Å². The first-order valence-corrected chi connectivity index (χ1v) is 8.40. The van der Waals surface area contributed by atoms with Crippen LogP contribution < -0.4 is 20.1 Å². The first kappa shape index (κ1) is 18.6. The van der Waals surface area contributed by atoms with E-state index in [4.69, 9.17) is 9.47 Å². The van der Waals surface area contributed by atoms with Crippen LogP contribution in [0.1, 0.15) is 36.5 Å². The van der Waals surface area contributed by atoms with Crippen LogP contribution in [0.4, 0.5) is 11.4 Å². The van der Waals surface area contributed by atoms with Gasteiger partial charge >= 0.3 is 0 Å². The lowest BCUT2D eigenvalue weighted by Crippen LogP contribution is -2.24. The first-order valence-electron chi connectivity index (χ1n) is 8.40. The molecule has 6 heteroatoms. The smallest absolute Gasteiger partial charge is 0.252 e. The number of nitrogens with zero attached hydrogens (tertiary/aromatic N) is 1. The molecule has 0 saturated carbocycles. The number of nitrogens with one attached hydrogen (secondary N) is 2. The zero-order valence-electron chi connectivity index (χ0n) is 15.0. The van der Waals surface area contributed by atoms with Crippen LogP contribution in [0.25, 0.3) is 0 Å². The lowest BCUT2D eigenvalue weighted by Gasteiger charge is -2.12. The maximum absolute atomic E-state index is 12.2. The highest BCUT2D eigenvalue weighted by molar-refractivity contribution is 5.94. The Kier molecular flexibility index (Phi) is 7.07. The molecule has 0 bridgehead atoms.